The topological polar surface area (TPSA) is 42.9 Å². The van der Waals surface area contributed by atoms with E-state index in [0.717, 1.165) is 38.4 Å². The summed E-state index contributed by atoms with van der Waals surface area (Å²) in [6.45, 7) is 14.4. The highest BCUT2D eigenvalue weighted by molar-refractivity contribution is 7.09. The predicted molar refractivity (Wildman–Crippen MR) is 110 cm³/mol. The van der Waals surface area contributed by atoms with Gasteiger partial charge in [0.2, 0.25) is 0 Å². The summed E-state index contributed by atoms with van der Waals surface area (Å²) >= 11 is 1.82. The fourth-order valence-electron chi connectivity index (χ4n) is 3.07. The van der Waals surface area contributed by atoms with Crippen molar-refractivity contribution in [3.05, 3.63) is 22.4 Å². The van der Waals surface area contributed by atoms with Crippen LogP contribution in [0.3, 0.4) is 0 Å². The van der Waals surface area contributed by atoms with Crippen LogP contribution in [0.15, 0.2) is 22.5 Å². The first-order valence-corrected chi connectivity index (χ1v) is 10.7. The third-order valence-electron chi connectivity index (χ3n) is 4.65. The van der Waals surface area contributed by atoms with Crippen LogP contribution < -0.4 is 10.6 Å². The van der Waals surface area contributed by atoms with E-state index in [2.05, 4.69) is 51.8 Å². The Morgan fingerprint density at radius 1 is 1.12 bits per heavy atom. The molecular formula is C19H35N5S. The molecule has 1 aliphatic heterocycles. The fourth-order valence-corrected chi connectivity index (χ4v) is 3.78. The van der Waals surface area contributed by atoms with E-state index >= 15 is 0 Å². The lowest BCUT2D eigenvalue weighted by molar-refractivity contribution is 0.136. The van der Waals surface area contributed by atoms with Crippen molar-refractivity contribution in [2.24, 2.45) is 4.99 Å². The number of hydrogen-bond acceptors (Lipinski definition) is 4. The monoisotopic (exact) mass is 365 g/mol. The molecule has 6 heteroatoms. The third kappa shape index (κ3) is 8.21. The average Bonchev–Trinajstić information content (AvgIpc) is 3.15. The molecule has 5 nitrogen and oxygen atoms in total. The normalized spacial score (nSPS) is 17.0. The number of guanidine groups is 1. The Hall–Kier alpha value is -1.11. The van der Waals surface area contributed by atoms with Crippen LogP contribution in [0.4, 0.5) is 0 Å². The van der Waals surface area contributed by atoms with E-state index in [9.17, 15) is 0 Å². The Kier molecular flexibility index (Phi) is 9.92. The molecule has 0 spiro atoms. The van der Waals surface area contributed by atoms with Gasteiger partial charge in [0, 0.05) is 50.7 Å². The van der Waals surface area contributed by atoms with E-state index in [1.165, 1.54) is 50.6 Å². The maximum absolute atomic E-state index is 4.71. The van der Waals surface area contributed by atoms with E-state index in [0.29, 0.717) is 0 Å². The summed E-state index contributed by atoms with van der Waals surface area (Å²) in [5.74, 6) is 0.954. The van der Waals surface area contributed by atoms with Gasteiger partial charge in [0.25, 0.3) is 0 Å². The van der Waals surface area contributed by atoms with E-state index in [-0.39, 0.29) is 0 Å². The number of aliphatic imine (C=N–C) groups is 1. The maximum Gasteiger partial charge on any atom is 0.191 e. The van der Waals surface area contributed by atoms with E-state index in [1.807, 2.05) is 11.3 Å². The first-order valence-electron chi connectivity index (χ1n) is 9.81. The zero-order chi connectivity index (χ0) is 17.7. The molecule has 0 atom stereocenters. The van der Waals surface area contributed by atoms with Crippen LogP contribution in [0.2, 0.25) is 0 Å². The summed E-state index contributed by atoms with van der Waals surface area (Å²) in [6.07, 6.45) is 3.46. The second kappa shape index (κ2) is 12.3. The van der Waals surface area contributed by atoms with Gasteiger partial charge in [-0.15, -0.1) is 11.3 Å². The minimum absolute atomic E-state index is 0.906. The van der Waals surface area contributed by atoms with Gasteiger partial charge in [0.1, 0.15) is 0 Å². The molecule has 0 amide bonds. The number of likely N-dealkylation sites (N-methyl/N-ethyl adjacent to an activating group) is 1. The van der Waals surface area contributed by atoms with Gasteiger partial charge >= 0.3 is 0 Å². The Morgan fingerprint density at radius 3 is 2.60 bits per heavy atom. The molecule has 25 heavy (non-hydrogen) atoms. The second-order valence-electron chi connectivity index (χ2n) is 6.50. The molecular weight excluding hydrogens is 330 g/mol. The van der Waals surface area contributed by atoms with Gasteiger partial charge in [-0.1, -0.05) is 13.0 Å². The highest BCUT2D eigenvalue weighted by atomic mass is 32.1. The lowest BCUT2D eigenvalue weighted by Gasteiger charge is -2.33. The van der Waals surface area contributed by atoms with Crippen molar-refractivity contribution < 1.29 is 0 Å². The summed E-state index contributed by atoms with van der Waals surface area (Å²) in [4.78, 5) is 11.3. The molecule has 1 aromatic rings. The fraction of sp³-hybridized carbons (Fsp3) is 0.737. The van der Waals surface area contributed by atoms with Crippen molar-refractivity contribution in [1.29, 1.82) is 0 Å². The van der Waals surface area contributed by atoms with Crippen molar-refractivity contribution in [2.75, 3.05) is 58.9 Å². The standard InChI is InChI=1S/C19H35N5S/c1-3-20-19(22-11-9-18-8-7-17-25-18)21-10-5-6-12-24-15-13-23(4-2)14-16-24/h7-8,17H,3-6,9-16H2,1-2H3,(H2,20,21,22). The van der Waals surface area contributed by atoms with Crippen LogP contribution in [0, 0.1) is 0 Å². The molecule has 1 fully saturated rings. The number of unbranched alkanes of at least 4 members (excludes halogenated alkanes) is 1. The summed E-state index contributed by atoms with van der Waals surface area (Å²) in [5.41, 5.74) is 0. The van der Waals surface area contributed by atoms with Crippen molar-refractivity contribution in [3.8, 4) is 0 Å². The highest BCUT2D eigenvalue weighted by Crippen LogP contribution is 2.08. The number of rotatable bonds is 10. The lowest BCUT2D eigenvalue weighted by atomic mass is 10.2. The average molecular weight is 366 g/mol. The van der Waals surface area contributed by atoms with E-state index in [1.54, 1.807) is 0 Å². The smallest absolute Gasteiger partial charge is 0.191 e. The van der Waals surface area contributed by atoms with Gasteiger partial charge in [0.15, 0.2) is 5.96 Å². The van der Waals surface area contributed by atoms with Crippen LogP contribution in [-0.4, -0.2) is 74.7 Å². The van der Waals surface area contributed by atoms with E-state index < -0.39 is 0 Å². The molecule has 2 heterocycles. The van der Waals surface area contributed by atoms with E-state index in [4.69, 9.17) is 4.99 Å². The lowest BCUT2D eigenvalue weighted by Crippen LogP contribution is -2.46. The van der Waals surface area contributed by atoms with Gasteiger partial charge in [-0.05, 0) is 50.7 Å². The molecule has 0 saturated carbocycles. The summed E-state index contributed by atoms with van der Waals surface area (Å²) in [6, 6.07) is 4.30. The van der Waals surface area contributed by atoms with Crippen LogP contribution in [0.1, 0.15) is 31.6 Å². The molecule has 0 bridgehead atoms. The molecule has 0 aromatic carbocycles. The predicted octanol–water partition coefficient (Wildman–Crippen LogP) is 2.26. The van der Waals surface area contributed by atoms with Gasteiger partial charge < -0.3 is 20.4 Å². The van der Waals surface area contributed by atoms with Gasteiger partial charge in [-0.3, -0.25) is 4.99 Å². The van der Waals surface area contributed by atoms with Gasteiger partial charge in [0.05, 0.1) is 0 Å². The summed E-state index contributed by atoms with van der Waals surface area (Å²) in [7, 11) is 0. The van der Waals surface area contributed by atoms with Crippen LogP contribution in [0.25, 0.3) is 0 Å². The molecule has 142 valence electrons. The number of nitrogens with one attached hydrogen (secondary N) is 2. The molecule has 1 aliphatic rings. The first-order chi connectivity index (χ1) is 12.3. The Bertz CT molecular complexity index is 466. The molecule has 0 aliphatic carbocycles. The first kappa shape index (κ1) is 20.2. The van der Waals surface area contributed by atoms with Crippen molar-refractivity contribution in [2.45, 2.75) is 33.1 Å². The van der Waals surface area contributed by atoms with Crippen molar-refractivity contribution in [1.82, 2.24) is 20.4 Å². The largest absolute Gasteiger partial charge is 0.357 e. The number of piperazine rings is 1. The molecule has 1 aromatic heterocycles. The van der Waals surface area contributed by atoms with Gasteiger partial charge in [-0.25, -0.2) is 0 Å². The highest BCUT2D eigenvalue weighted by Gasteiger charge is 2.14. The number of nitrogens with zero attached hydrogens (tertiary/aromatic N) is 3. The Morgan fingerprint density at radius 2 is 1.92 bits per heavy atom. The minimum Gasteiger partial charge on any atom is -0.357 e. The van der Waals surface area contributed by atoms with Crippen molar-refractivity contribution >= 4 is 17.3 Å². The molecule has 2 N–H and O–H groups in total. The second-order valence-corrected chi connectivity index (χ2v) is 7.53. The van der Waals surface area contributed by atoms with Crippen LogP contribution in [-0.2, 0) is 6.42 Å². The quantitative estimate of drug-likeness (QED) is 0.379. The third-order valence-corrected chi connectivity index (χ3v) is 5.59. The number of hydrogen-bond donors (Lipinski definition) is 2. The SMILES string of the molecule is CCNC(=NCCCCN1CCN(CC)CC1)NCCc1cccs1. The molecule has 2 rings (SSSR count). The Labute approximate surface area is 157 Å². The Balaban J connectivity index is 1.57. The van der Waals surface area contributed by atoms with Crippen LogP contribution >= 0.6 is 11.3 Å². The zero-order valence-electron chi connectivity index (χ0n) is 16.0. The zero-order valence-corrected chi connectivity index (χ0v) is 16.8. The maximum atomic E-state index is 4.71. The molecule has 0 radical (unpaired) electrons. The summed E-state index contributed by atoms with van der Waals surface area (Å²) in [5, 5.41) is 8.92. The van der Waals surface area contributed by atoms with Crippen molar-refractivity contribution in [3.63, 3.8) is 0 Å². The van der Waals surface area contributed by atoms with Gasteiger partial charge in [-0.2, -0.15) is 0 Å². The minimum atomic E-state index is 0.906. The number of thiophene rings is 1. The molecule has 1 saturated heterocycles. The van der Waals surface area contributed by atoms with Crippen LogP contribution in [0.5, 0.6) is 0 Å². The summed E-state index contributed by atoms with van der Waals surface area (Å²) < 4.78 is 0. The molecule has 0 unspecified atom stereocenters.